The highest BCUT2D eigenvalue weighted by Gasteiger charge is 2.14. The van der Waals surface area contributed by atoms with Crippen molar-refractivity contribution in [2.24, 2.45) is 0 Å². The fourth-order valence-electron chi connectivity index (χ4n) is 2.09. The van der Waals surface area contributed by atoms with Gasteiger partial charge in [0.15, 0.2) is 0 Å². The van der Waals surface area contributed by atoms with Gasteiger partial charge in [-0.25, -0.2) is 4.79 Å². The summed E-state index contributed by atoms with van der Waals surface area (Å²) in [7, 11) is 3.28. The normalized spacial score (nSPS) is 10.3. The molecule has 0 amide bonds. The number of esters is 1. The lowest BCUT2D eigenvalue weighted by Gasteiger charge is -2.22. The second-order valence-electron chi connectivity index (χ2n) is 4.61. The summed E-state index contributed by atoms with van der Waals surface area (Å²) in [4.78, 5) is 13.8. The summed E-state index contributed by atoms with van der Waals surface area (Å²) in [5.41, 5.74) is 2.34. The van der Waals surface area contributed by atoms with E-state index in [0.717, 1.165) is 11.3 Å². The number of carbonyl (C=O) groups excluding carboxylic acids is 1. The maximum absolute atomic E-state index is 11.8. The zero-order chi connectivity index (χ0) is 15.4. The van der Waals surface area contributed by atoms with Crippen LogP contribution in [0.4, 0.5) is 5.69 Å². The van der Waals surface area contributed by atoms with Crippen molar-refractivity contribution >= 4 is 34.9 Å². The molecule has 2 aromatic rings. The van der Waals surface area contributed by atoms with Gasteiger partial charge in [-0.05, 0) is 29.8 Å². The molecule has 0 saturated heterocycles. The van der Waals surface area contributed by atoms with Crippen LogP contribution >= 0.6 is 23.2 Å². The number of nitrogens with zero attached hydrogens (tertiary/aromatic N) is 1. The van der Waals surface area contributed by atoms with Crippen LogP contribution in [0.25, 0.3) is 0 Å². The van der Waals surface area contributed by atoms with Crippen LogP contribution in [-0.4, -0.2) is 20.1 Å². The van der Waals surface area contributed by atoms with Gasteiger partial charge in [-0.1, -0.05) is 41.4 Å². The van der Waals surface area contributed by atoms with E-state index < -0.39 is 0 Å². The minimum Gasteiger partial charge on any atom is -0.465 e. The van der Waals surface area contributed by atoms with E-state index in [9.17, 15) is 4.79 Å². The standard InChI is InChI=1S/C16H15Cl2NO2/c1-19(10-11-7-8-13(17)14(18)9-11)15-6-4-3-5-12(15)16(20)21-2/h3-9H,10H2,1-2H3. The van der Waals surface area contributed by atoms with E-state index in [1.165, 1.54) is 7.11 Å². The first-order chi connectivity index (χ1) is 10.0. The molecule has 0 spiro atoms. The Morgan fingerprint density at radius 1 is 1.14 bits per heavy atom. The molecule has 3 nitrogen and oxygen atoms in total. The van der Waals surface area contributed by atoms with E-state index in [2.05, 4.69) is 0 Å². The first-order valence-electron chi connectivity index (χ1n) is 6.35. The molecule has 0 aliphatic rings. The number of hydrogen-bond donors (Lipinski definition) is 0. The molecule has 2 rings (SSSR count). The van der Waals surface area contributed by atoms with E-state index in [4.69, 9.17) is 27.9 Å². The molecule has 0 heterocycles. The molecule has 0 bridgehead atoms. The highest BCUT2D eigenvalue weighted by Crippen LogP contribution is 2.25. The number of para-hydroxylation sites is 1. The van der Waals surface area contributed by atoms with Gasteiger partial charge in [0.1, 0.15) is 0 Å². The van der Waals surface area contributed by atoms with Gasteiger partial charge >= 0.3 is 5.97 Å². The van der Waals surface area contributed by atoms with Crippen LogP contribution in [0.1, 0.15) is 15.9 Å². The molecule has 0 aromatic heterocycles. The predicted molar refractivity (Wildman–Crippen MR) is 86.4 cm³/mol. The van der Waals surface area contributed by atoms with Crippen LogP contribution in [-0.2, 0) is 11.3 Å². The van der Waals surface area contributed by atoms with Gasteiger partial charge in [0.25, 0.3) is 0 Å². The highest BCUT2D eigenvalue weighted by molar-refractivity contribution is 6.42. The fraction of sp³-hybridized carbons (Fsp3) is 0.188. The topological polar surface area (TPSA) is 29.5 Å². The molecule has 110 valence electrons. The Morgan fingerprint density at radius 2 is 1.86 bits per heavy atom. The Labute approximate surface area is 134 Å². The zero-order valence-corrected chi connectivity index (χ0v) is 13.3. The summed E-state index contributed by atoms with van der Waals surface area (Å²) in [5.74, 6) is -0.355. The monoisotopic (exact) mass is 323 g/mol. The maximum atomic E-state index is 11.8. The summed E-state index contributed by atoms with van der Waals surface area (Å²) in [5, 5.41) is 1.04. The number of benzene rings is 2. The van der Waals surface area contributed by atoms with Crippen molar-refractivity contribution in [3.63, 3.8) is 0 Å². The first kappa shape index (κ1) is 15.7. The summed E-state index contributed by atoms with van der Waals surface area (Å²) in [6.07, 6.45) is 0. The Bertz CT molecular complexity index is 658. The number of carbonyl (C=O) groups is 1. The van der Waals surface area contributed by atoms with Gasteiger partial charge in [-0.15, -0.1) is 0 Å². The largest absolute Gasteiger partial charge is 0.465 e. The van der Waals surface area contributed by atoms with Crippen LogP contribution < -0.4 is 4.90 Å². The number of halogens is 2. The van der Waals surface area contributed by atoms with Crippen LogP contribution in [0.2, 0.25) is 10.0 Å². The Morgan fingerprint density at radius 3 is 2.52 bits per heavy atom. The van der Waals surface area contributed by atoms with Crippen LogP contribution in [0.3, 0.4) is 0 Å². The van der Waals surface area contributed by atoms with Crippen LogP contribution in [0, 0.1) is 0 Å². The van der Waals surface area contributed by atoms with Crippen molar-refractivity contribution < 1.29 is 9.53 Å². The van der Waals surface area contributed by atoms with Crippen LogP contribution in [0.15, 0.2) is 42.5 Å². The second kappa shape index (κ2) is 6.83. The van der Waals surface area contributed by atoms with Gasteiger partial charge in [0.05, 0.1) is 28.4 Å². The maximum Gasteiger partial charge on any atom is 0.339 e. The van der Waals surface area contributed by atoms with Gasteiger partial charge in [0, 0.05) is 13.6 Å². The van der Waals surface area contributed by atoms with Crippen LogP contribution in [0.5, 0.6) is 0 Å². The smallest absolute Gasteiger partial charge is 0.339 e. The Kier molecular flexibility index (Phi) is 5.10. The average molecular weight is 324 g/mol. The quantitative estimate of drug-likeness (QED) is 0.780. The molecule has 0 unspecified atom stereocenters. The Balaban J connectivity index is 2.26. The average Bonchev–Trinajstić information content (AvgIpc) is 2.50. The van der Waals surface area contributed by atoms with Gasteiger partial charge in [-0.3, -0.25) is 0 Å². The van der Waals surface area contributed by atoms with Crippen molar-refractivity contribution in [2.75, 3.05) is 19.1 Å². The number of methoxy groups -OCH3 is 1. The van der Waals surface area contributed by atoms with Gasteiger partial charge in [-0.2, -0.15) is 0 Å². The number of ether oxygens (including phenoxy) is 1. The van der Waals surface area contributed by atoms with E-state index in [1.54, 1.807) is 12.1 Å². The third-order valence-electron chi connectivity index (χ3n) is 3.12. The summed E-state index contributed by atoms with van der Waals surface area (Å²) in [6, 6.07) is 12.8. The molecule has 0 atom stereocenters. The lowest BCUT2D eigenvalue weighted by Crippen LogP contribution is -2.19. The van der Waals surface area contributed by atoms with Crippen molar-refractivity contribution in [3.05, 3.63) is 63.6 Å². The molecule has 21 heavy (non-hydrogen) atoms. The number of rotatable bonds is 4. The minimum atomic E-state index is -0.355. The van der Waals surface area contributed by atoms with Crippen molar-refractivity contribution in [1.29, 1.82) is 0 Å². The lowest BCUT2D eigenvalue weighted by molar-refractivity contribution is 0.0601. The molecule has 0 fully saturated rings. The van der Waals surface area contributed by atoms with E-state index in [1.807, 2.05) is 42.3 Å². The summed E-state index contributed by atoms with van der Waals surface area (Å²) >= 11 is 11.9. The third kappa shape index (κ3) is 3.69. The van der Waals surface area contributed by atoms with Gasteiger partial charge < -0.3 is 9.64 Å². The van der Waals surface area contributed by atoms with Crippen molar-refractivity contribution in [2.45, 2.75) is 6.54 Å². The minimum absolute atomic E-state index is 0.355. The van der Waals surface area contributed by atoms with E-state index >= 15 is 0 Å². The zero-order valence-electron chi connectivity index (χ0n) is 11.8. The molecule has 5 heteroatoms. The molecular formula is C16H15Cl2NO2. The van der Waals surface area contributed by atoms with Crippen molar-refractivity contribution in [1.82, 2.24) is 0 Å². The molecule has 0 saturated carbocycles. The number of hydrogen-bond acceptors (Lipinski definition) is 3. The Hall–Kier alpha value is -1.71. The second-order valence-corrected chi connectivity index (χ2v) is 5.43. The van der Waals surface area contributed by atoms with E-state index in [0.29, 0.717) is 22.2 Å². The molecule has 0 N–H and O–H groups in total. The highest BCUT2D eigenvalue weighted by atomic mass is 35.5. The fourth-order valence-corrected chi connectivity index (χ4v) is 2.41. The molecule has 0 aliphatic carbocycles. The number of anilines is 1. The van der Waals surface area contributed by atoms with Crippen molar-refractivity contribution in [3.8, 4) is 0 Å². The summed E-state index contributed by atoms with van der Waals surface area (Å²) in [6.45, 7) is 0.602. The third-order valence-corrected chi connectivity index (χ3v) is 3.86. The van der Waals surface area contributed by atoms with Gasteiger partial charge in [0.2, 0.25) is 0 Å². The molecule has 0 radical (unpaired) electrons. The predicted octanol–water partition coefficient (Wildman–Crippen LogP) is 4.42. The molecule has 0 aliphatic heterocycles. The summed E-state index contributed by atoms with van der Waals surface area (Å²) < 4.78 is 4.81. The molecule has 2 aromatic carbocycles. The first-order valence-corrected chi connectivity index (χ1v) is 7.11. The SMILES string of the molecule is COC(=O)c1ccccc1N(C)Cc1ccc(Cl)c(Cl)c1. The lowest BCUT2D eigenvalue weighted by atomic mass is 10.1. The van der Waals surface area contributed by atoms with E-state index in [-0.39, 0.29) is 5.97 Å². The molecular weight excluding hydrogens is 309 g/mol.